The summed E-state index contributed by atoms with van der Waals surface area (Å²) in [6.45, 7) is 13.5. The summed E-state index contributed by atoms with van der Waals surface area (Å²) in [5.74, 6) is 1.39. The van der Waals surface area contributed by atoms with Crippen molar-refractivity contribution in [2.24, 2.45) is 11.8 Å². The number of hydrogen-bond donors (Lipinski definition) is 1. The molecular weight excluding hydrogens is 170 g/mol. The topological polar surface area (TPSA) is 12.0 Å². The van der Waals surface area contributed by atoms with Gasteiger partial charge in [-0.3, -0.25) is 0 Å². The SMILES string of the molecule is CCCNCC(=CC(C)CC)C(C)C. The summed E-state index contributed by atoms with van der Waals surface area (Å²) in [6.07, 6.45) is 4.89. The lowest BCUT2D eigenvalue weighted by Crippen LogP contribution is -2.20. The molecule has 0 aromatic carbocycles. The van der Waals surface area contributed by atoms with Crippen molar-refractivity contribution in [1.29, 1.82) is 0 Å². The molecule has 0 radical (unpaired) electrons. The number of allylic oxidation sites excluding steroid dienone is 1. The fraction of sp³-hybridized carbons (Fsp3) is 0.846. The number of nitrogens with one attached hydrogen (secondary N) is 1. The Bertz CT molecular complexity index is 159. The predicted molar refractivity (Wildman–Crippen MR) is 65.5 cm³/mol. The maximum absolute atomic E-state index is 3.48. The van der Waals surface area contributed by atoms with Crippen molar-refractivity contribution >= 4 is 0 Å². The summed E-state index contributed by atoms with van der Waals surface area (Å²) in [5, 5.41) is 3.48. The summed E-state index contributed by atoms with van der Waals surface area (Å²) in [7, 11) is 0. The second kappa shape index (κ2) is 8.05. The fourth-order valence-corrected chi connectivity index (χ4v) is 1.35. The van der Waals surface area contributed by atoms with Crippen LogP contribution in [-0.4, -0.2) is 13.1 Å². The van der Waals surface area contributed by atoms with E-state index in [0.29, 0.717) is 5.92 Å². The zero-order valence-electron chi connectivity index (χ0n) is 10.6. The van der Waals surface area contributed by atoms with Gasteiger partial charge >= 0.3 is 0 Å². The largest absolute Gasteiger partial charge is 0.313 e. The molecular formula is C13H27N. The van der Waals surface area contributed by atoms with Gasteiger partial charge in [-0.2, -0.15) is 0 Å². The van der Waals surface area contributed by atoms with Crippen LogP contribution in [0.2, 0.25) is 0 Å². The van der Waals surface area contributed by atoms with Gasteiger partial charge in [0, 0.05) is 6.54 Å². The molecule has 0 saturated heterocycles. The van der Waals surface area contributed by atoms with E-state index < -0.39 is 0 Å². The highest BCUT2D eigenvalue weighted by Crippen LogP contribution is 2.13. The van der Waals surface area contributed by atoms with Gasteiger partial charge in [0.15, 0.2) is 0 Å². The van der Waals surface area contributed by atoms with Crippen LogP contribution < -0.4 is 5.32 Å². The molecule has 14 heavy (non-hydrogen) atoms. The zero-order chi connectivity index (χ0) is 11.0. The smallest absolute Gasteiger partial charge is 0.0167 e. The van der Waals surface area contributed by atoms with Crippen LogP contribution in [0, 0.1) is 11.8 Å². The van der Waals surface area contributed by atoms with Crippen molar-refractivity contribution in [1.82, 2.24) is 5.32 Å². The van der Waals surface area contributed by atoms with Crippen LogP contribution in [0.5, 0.6) is 0 Å². The van der Waals surface area contributed by atoms with Crippen LogP contribution >= 0.6 is 0 Å². The highest BCUT2D eigenvalue weighted by Gasteiger charge is 2.04. The van der Waals surface area contributed by atoms with Gasteiger partial charge in [-0.05, 0) is 24.8 Å². The number of hydrogen-bond acceptors (Lipinski definition) is 1. The molecule has 0 heterocycles. The van der Waals surface area contributed by atoms with Crippen LogP contribution in [0.25, 0.3) is 0 Å². The van der Waals surface area contributed by atoms with E-state index >= 15 is 0 Å². The van der Waals surface area contributed by atoms with Crippen molar-refractivity contribution in [2.75, 3.05) is 13.1 Å². The molecule has 1 N–H and O–H groups in total. The molecule has 0 saturated carbocycles. The Morgan fingerprint density at radius 3 is 2.29 bits per heavy atom. The minimum Gasteiger partial charge on any atom is -0.313 e. The molecule has 1 unspecified atom stereocenters. The Morgan fingerprint density at radius 1 is 1.21 bits per heavy atom. The van der Waals surface area contributed by atoms with Crippen molar-refractivity contribution in [3.05, 3.63) is 11.6 Å². The van der Waals surface area contributed by atoms with Gasteiger partial charge in [-0.15, -0.1) is 0 Å². The molecule has 0 fully saturated rings. The molecule has 0 aromatic heterocycles. The van der Waals surface area contributed by atoms with Gasteiger partial charge in [-0.25, -0.2) is 0 Å². The lowest BCUT2D eigenvalue weighted by Gasteiger charge is -2.14. The first-order valence-electron chi connectivity index (χ1n) is 6.03. The van der Waals surface area contributed by atoms with E-state index in [1.807, 2.05) is 0 Å². The minimum absolute atomic E-state index is 0.674. The fourth-order valence-electron chi connectivity index (χ4n) is 1.35. The van der Waals surface area contributed by atoms with E-state index in [0.717, 1.165) is 19.0 Å². The standard InChI is InChI=1S/C13H27N/c1-6-8-14-10-13(11(3)4)9-12(5)7-2/h9,11-12,14H,6-8,10H2,1-5H3. The Hall–Kier alpha value is -0.300. The van der Waals surface area contributed by atoms with Crippen molar-refractivity contribution in [3.8, 4) is 0 Å². The van der Waals surface area contributed by atoms with Gasteiger partial charge < -0.3 is 5.32 Å². The summed E-state index contributed by atoms with van der Waals surface area (Å²) < 4.78 is 0. The van der Waals surface area contributed by atoms with Crippen LogP contribution in [0.1, 0.15) is 47.5 Å². The molecule has 0 aliphatic rings. The Kier molecular flexibility index (Phi) is 7.87. The van der Waals surface area contributed by atoms with E-state index in [1.54, 1.807) is 5.57 Å². The normalized spacial score (nSPS) is 14.9. The molecule has 1 heteroatoms. The molecule has 0 rings (SSSR count). The Balaban J connectivity index is 4.07. The van der Waals surface area contributed by atoms with Gasteiger partial charge in [0.1, 0.15) is 0 Å². The molecule has 0 amide bonds. The first kappa shape index (κ1) is 13.7. The summed E-state index contributed by atoms with van der Waals surface area (Å²) in [5.41, 5.74) is 1.56. The maximum atomic E-state index is 3.48. The average molecular weight is 197 g/mol. The first-order chi connectivity index (χ1) is 6.61. The van der Waals surface area contributed by atoms with E-state index in [-0.39, 0.29) is 0 Å². The third-order valence-corrected chi connectivity index (χ3v) is 2.64. The molecule has 0 spiro atoms. The molecule has 0 aromatic rings. The molecule has 1 nitrogen and oxygen atoms in total. The Morgan fingerprint density at radius 2 is 1.86 bits per heavy atom. The predicted octanol–water partition coefficient (Wildman–Crippen LogP) is 3.61. The second-order valence-corrected chi connectivity index (χ2v) is 4.46. The quantitative estimate of drug-likeness (QED) is 0.485. The van der Waals surface area contributed by atoms with Crippen LogP contribution in [0.3, 0.4) is 0 Å². The molecule has 84 valence electrons. The zero-order valence-corrected chi connectivity index (χ0v) is 10.6. The van der Waals surface area contributed by atoms with E-state index in [1.165, 1.54) is 12.8 Å². The summed E-state index contributed by atoms with van der Waals surface area (Å²) in [6, 6.07) is 0. The Labute approximate surface area is 90.0 Å². The van der Waals surface area contributed by atoms with Crippen molar-refractivity contribution in [2.45, 2.75) is 47.5 Å². The van der Waals surface area contributed by atoms with Crippen LogP contribution in [-0.2, 0) is 0 Å². The molecule has 1 atom stereocenters. The van der Waals surface area contributed by atoms with E-state index in [4.69, 9.17) is 0 Å². The van der Waals surface area contributed by atoms with Gasteiger partial charge in [0.05, 0.1) is 0 Å². The third kappa shape index (κ3) is 6.20. The minimum atomic E-state index is 0.674. The second-order valence-electron chi connectivity index (χ2n) is 4.46. The van der Waals surface area contributed by atoms with Crippen LogP contribution in [0.4, 0.5) is 0 Å². The molecule has 0 bridgehead atoms. The van der Waals surface area contributed by atoms with Gasteiger partial charge in [-0.1, -0.05) is 52.7 Å². The van der Waals surface area contributed by atoms with Gasteiger partial charge in [0.2, 0.25) is 0 Å². The summed E-state index contributed by atoms with van der Waals surface area (Å²) in [4.78, 5) is 0. The van der Waals surface area contributed by atoms with E-state index in [2.05, 4.69) is 46.0 Å². The van der Waals surface area contributed by atoms with Crippen molar-refractivity contribution < 1.29 is 0 Å². The summed E-state index contributed by atoms with van der Waals surface area (Å²) >= 11 is 0. The lowest BCUT2D eigenvalue weighted by atomic mass is 9.97. The van der Waals surface area contributed by atoms with Crippen molar-refractivity contribution in [3.63, 3.8) is 0 Å². The highest BCUT2D eigenvalue weighted by molar-refractivity contribution is 5.08. The first-order valence-corrected chi connectivity index (χ1v) is 6.03. The van der Waals surface area contributed by atoms with Crippen LogP contribution in [0.15, 0.2) is 11.6 Å². The van der Waals surface area contributed by atoms with Gasteiger partial charge in [0.25, 0.3) is 0 Å². The number of rotatable bonds is 7. The monoisotopic (exact) mass is 197 g/mol. The molecule has 0 aliphatic heterocycles. The third-order valence-electron chi connectivity index (χ3n) is 2.64. The maximum Gasteiger partial charge on any atom is 0.0167 e. The highest BCUT2D eigenvalue weighted by atomic mass is 14.8. The molecule has 0 aliphatic carbocycles. The lowest BCUT2D eigenvalue weighted by molar-refractivity contribution is 0.622. The average Bonchev–Trinajstić information content (AvgIpc) is 2.16. The van der Waals surface area contributed by atoms with E-state index in [9.17, 15) is 0 Å².